The van der Waals surface area contributed by atoms with Gasteiger partial charge in [-0.15, -0.1) is 0 Å². The zero-order valence-corrected chi connectivity index (χ0v) is 10.1. The molecule has 3 rings (SSSR count). The van der Waals surface area contributed by atoms with Crippen LogP contribution in [0.25, 0.3) is 22.6 Å². The van der Waals surface area contributed by atoms with Gasteiger partial charge in [0.1, 0.15) is 0 Å². The molecule has 3 heteroatoms. The van der Waals surface area contributed by atoms with Gasteiger partial charge in [-0.2, -0.15) is 0 Å². The van der Waals surface area contributed by atoms with E-state index < -0.39 is 0 Å². The molecule has 1 heterocycles. The van der Waals surface area contributed by atoms with Crippen molar-refractivity contribution in [1.29, 1.82) is 0 Å². The first-order valence-corrected chi connectivity index (χ1v) is 5.95. The van der Waals surface area contributed by atoms with Gasteiger partial charge >= 0.3 is 5.63 Å². The maximum Gasteiger partial charge on any atom is 0.347 e. The van der Waals surface area contributed by atoms with Gasteiger partial charge in [0.15, 0.2) is 0 Å². The lowest BCUT2D eigenvalue weighted by molar-refractivity contribution is 0.510. The monoisotopic (exact) mass is 249 g/mol. The SMILES string of the molecule is O=c1oc(-c2ccccc2)ncc1-c1ccccc1. The van der Waals surface area contributed by atoms with Crippen molar-refractivity contribution >= 4 is 0 Å². The molecule has 19 heavy (non-hydrogen) atoms. The molecule has 0 aliphatic carbocycles. The Morgan fingerprint density at radius 3 is 1.95 bits per heavy atom. The van der Waals surface area contributed by atoms with Crippen molar-refractivity contribution in [2.45, 2.75) is 0 Å². The van der Waals surface area contributed by atoms with Gasteiger partial charge in [-0.1, -0.05) is 48.5 Å². The number of rotatable bonds is 2. The van der Waals surface area contributed by atoms with Crippen molar-refractivity contribution in [2.75, 3.05) is 0 Å². The van der Waals surface area contributed by atoms with Crippen molar-refractivity contribution in [1.82, 2.24) is 4.98 Å². The Morgan fingerprint density at radius 1 is 0.789 bits per heavy atom. The smallest absolute Gasteiger partial charge is 0.347 e. The summed E-state index contributed by atoms with van der Waals surface area (Å²) in [5.74, 6) is 0.338. The Balaban J connectivity index is 2.07. The van der Waals surface area contributed by atoms with Crippen LogP contribution in [0.4, 0.5) is 0 Å². The van der Waals surface area contributed by atoms with Gasteiger partial charge in [0, 0.05) is 11.8 Å². The number of benzene rings is 2. The predicted octanol–water partition coefficient (Wildman–Crippen LogP) is 3.37. The fourth-order valence-corrected chi connectivity index (χ4v) is 1.87. The second kappa shape index (κ2) is 4.90. The van der Waals surface area contributed by atoms with Gasteiger partial charge < -0.3 is 4.42 Å². The van der Waals surface area contributed by atoms with Gasteiger partial charge in [0.25, 0.3) is 0 Å². The van der Waals surface area contributed by atoms with E-state index in [1.807, 2.05) is 60.7 Å². The first-order chi connectivity index (χ1) is 9.34. The molecule has 0 saturated heterocycles. The maximum absolute atomic E-state index is 12.0. The van der Waals surface area contributed by atoms with E-state index >= 15 is 0 Å². The van der Waals surface area contributed by atoms with Crippen LogP contribution in [0.1, 0.15) is 0 Å². The second-order valence-electron chi connectivity index (χ2n) is 4.10. The van der Waals surface area contributed by atoms with E-state index in [9.17, 15) is 4.79 Å². The maximum atomic E-state index is 12.0. The lowest BCUT2D eigenvalue weighted by Gasteiger charge is -2.01. The lowest BCUT2D eigenvalue weighted by Crippen LogP contribution is -2.04. The fraction of sp³-hybridized carbons (Fsp3) is 0. The van der Waals surface area contributed by atoms with E-state index in [0.29, 0.717) is 11.5 Å². The molecule has 0 unspecified atom stereocenters. The van der Waals surface area contributed by atoms with Crippen LogP contribution in [0.2, 0.25) is 0 Å². The third kappa shape index (κ3) is 2.31. The van der Waals surface area contributed by atoms with E-state index in [4.69, 9.17) is 4.42 Å². The van der Waals surface area contributed by atoms with Crippen LogP contribution in [0.3, 0.4) is 0 Å². The van der Waals surface area contributed by atoms with Crippen LogP contribution in [0.15, 0.2) is 76.1 Å². The zero-order valence-electron chi connectivity index (χ0n) is 10.1. The molecule has 0 radical (unpaired) electrons. The Morgan fingerprint density at radius 2 is 1.37 bits per heavy atom. The van der Waals surface area contributed by atoms with Gasteiger partial charge in [-0.3, -0.25) is 0 Å². The summed E-state index contributed by atoms with van der Waals surface area (Å²) in [6.07, 6.45) is 1.56. The Labute approximate surface area is 110 Å². The minimum absolute atomic E-state index is 0.338. The average molecular weight is 249 g/mol. The summed E-state index contributed by atoms with van der Waals surface area (Å²) in [5, 5.41) is 0. The average Bonchev–Trinajstić information content (AvgIpc) is 2.49. The molecule has 2 aromatic carbocycles. The summed E-state index contributed by atoms with van der Waals surface area (Å²) < 4.78 is 5.28. The van der Waals surface area contributed by atoms with Crippen LogP contribution in [0.5, 0.6) is 0 Å². The topological polar surface area (TPSA) is 43.1 Å². The molecule has 0 amide bonds. The molecule has 0 saturated carbocycles. The summed E-state index contributed by atoms with van der Waals surface area (Å²) in [6.45, 7) is 0. The molecule has 3 nitrogen and oxygen atoms in total. The molecule has 0 fully saturated rings. The first kappa shape index (κ1) is 11.4. The highest BCUT2D eigenvalue weighted by molar-refractivity contribution is 5.62. The van der Waals surface area contributed by atoms with E-state index in [0.717, 1.165) is 11.1 Å². The van der Waals surface area contributed by atoms with Crippen LogP contribution < -0.4 is 5.63 Å². The van der Waals surface area contributed by atoms with Crippen molar-refractivity contribution in [2.24, 2.45) is 0 Å². The second-order valence-corrected chi connectivity index (χ2v) is 4.10. The fourth-order valence-electron chi connectivity index (χ4n) is 1.87. The van der Waals surface area contributed by atoms with Crippen molar-refractivity contribution in [3.05, 3.63) is 77.3 Å². The summed E-state index contributed by atoms with van der Waals surface area (Å²) in [4.78, 5) is 16.2. The van der Waals surface area contributed by atoms with E-state index in [1.165, 1.54) is 0 Å². The molecule has 1 aromatic heterocycles. The molecule has 0 spiro atoms. The minimum atomic E-state index is -0.375. The predicted molar refractivity (Wildman–Crippen MR) is 73.6 cm³/mol. The highest BCUT2D eigenvalue weighted by Crippen LogP contribution is 2.18. The molecule has 3 aromatic rings. The molecule has 0 aliphatic rings. The molecular weight excluding hydrogens is 238 g/mol. The van der Waals surface area contributed by atoms with Gasteiger partial charge in [0.2, 0.25) is 5.89 Å². The van der Waals surface area contributed by atoms with Gasteiger partial charge in [0.05, 0.1) is 5.56 Å². The van der Waals surface area contributed by atoms with Crippen LogP contribution in [-0.4, -0.2) is 4.98 Å². The third-order valence-electron chi connectivity index (χ3n) is 2.83. The number of hydrogen-bond acceptors (Lipinski definition) is 3. The molecule has 0 atom stereocenters. The van der Waals surface area contributed by atoms with E-state index in [2.05, 4.69) is 4.98 Å². The zero-order chi connectivity index (χ0) is 13.1. The summed E-state index contributed by atoms with van der Waals surface area (Å²) in [5.41, 5.74) is 1.70. The minimum Gasteiger partial charge on any atom is -0.403 e. The molecular formula is C16H11NO2. The number of nitrogens with zero attached hydrogens (tertiary/aromatic N) is 1. The van der Waals surface area contributed by atoms with Crippen LogP contribution >= 0.6 is 0 Å². The Bertz CT molecular complexity index is 733. The molecule has 0 N–H and O–H groups in total. The summed E-state index contributed by atoms with van der Waals surface area (Å²) in [6, 6.07) is 18.7. The van der Waals surface area contributed by atoms with E-state index in [-0.39, 0.29) is 5.63 Å². The third-order valence-corrected chi connectivity index (χ3v) is 2.83. The van der Waals surface area contributed by atoms with Crippen LogP contribution in [-0.2, 0) is 0 Å². The first-order valence-electron chi connectivity index (χ1n) is 5.95. The van der Waals surface area contributed by atoms with Gasteiger partial charge in [-0.25, -0.2) is 9.78 Å². The summed E-state index contributed by atoms with van der Waals surface area (Å²) in [7, 11) is 0. The standard InChI is InChI=1S/C16H11NO2/c18-16-14(12-7-3-1-4-8-12)11-17-15(19-16)13-9-5-2-6-10-13/h1-11H. The summed E-state index contributed by atoms with van der Waals surface area (Å²) >= 11 is 0. The Hall–Kier alpha value is -2.68. The van der Waals surface area contributed by atoms with Gasteiger partial charge in [-0.05, 0) is 17.7 Å². The number of hydrogen-bond donors (Lipinski definition) is 0. The quantitative estimate of drug-likeness (QED) is 0.699. The Kier molecular flexibility index (Phi) is 2.94. The van der Waals surface area contributed by atoms with Crippen LogP contribution in [0, 0.1) is 0 Å². The lowest BCUT2D eigenvalue weighted by atomic mass is 10.1. The van der Waals surface area contributed by atoms with Crippen molar-refractivity contribution < 1.29 is 4.42 Å². The molecule has 0 bridgehead atoms. The highest BCUT2D eigenvalue weighted by Gasteiger charge is 2.08. The van der Waals surface area contributed by atoms with Crippen molar-refractivity contribution in [3.8, 4) is 22.6 Å². The largest absolute Gasteiger partial charge is 0.403 e. The van der Waals surface area contributed by atoms with E-state index in [1.54, 1.807) is 6.20 Å². The van der Waals surface area contributed by atoms with Crippen molar-refractivity contribution in [3.63, 3.8) is 0 Å². The normalized spacial score (nSPS) is 10.3. The highest BCUT2D eigenvalue weighted by atomic mass is 16.4. The number of aromatic nitrogens is 1. The molecule has 92 valence electrons. The molecule has 0 aliphatic heterocycles.